The average molecular weight is 321 g/mol. The fourth-order valence-corrected chi connectivity index (χ4v) is 2.69. The van der Waals surface area contributed by atoms with E-state index in [2.05, 4.69) is 15.3 Å². The van der Waals surface area contributed by atoms with Crippen molar-refractivity contribution in [1.29, 1.82) is 0 Å². The van der Waals surface area contributed by atoms with Gasteiger partial charge < -0.3 is 15.3 Å². The zero-order chi connectivity index (χ0) is 16.7. The third kappa shape index (κ3) is 2.25. The molecule has 0 saturated heterocycles. The van der Waals surface area contributed by atoms with Crippen LogP contribution >= 0.6 is 0 Å². The van der Waals surface area contributed by atoms with Gasteiger partial charge in [0.05, 0.1) is 5.69 Å². The van der Waals surface area contributed by atoms with Crippen LogP contribution < -0.4 is 10.7 Å². The van der Waals surface area contributed by atoms with Gasteiger partial charge in [-0.05, 0) is 30.3 Å². The predicted octanol–water partition coefficient (Wildman–Crippen LogP) is 3.40. The fraction of sp³-hybridized carbons (Fsp3) is 0. The standard InChI is InChI=1S/C18H12FN3O2/c19-13-7-10-5-6-20-15(10)8-16(13)22-18(24)12-9-21-14-4-2-1-3-11(14)17(12)23/h1-9,20H,(H,21,23)(H,22,24). The number of nitrogens with one attached hydrogen (secondary N) is 3. The van der Waals surface area contributed by atoms with E-state index in [-0.39, 0.29) is 11.3 Å². The molecule has 0 unspecified atom stereocenters. The van der Waals surface area contributed by atoms with Crippen molar-refractivity contribution in [2.75, 3.05) is 5.32 Å². The third-order valence-electron chi connectivity index (χ3n) is 3.92. The molecular weight excluding hydrogens is 309 g/mol. The molecule has 0 aliphatic carbocycles. The molecule has 4 rings (SSSR count). The summed E-state index contributed by atoms with van der Waals surface area (Å²) in [6.45, 7) is 0. The number of aromatic nitrogens is 2. The van der Waals surface area contributed by atoms with Gasteiger partial charge in [-0.25, -0.2) is 4.39 Å². The van der Waals surface area contributed by atoms with Crippen LogP contribution in [0.2, 0.25) is 0 Å². The van der Waals surface area contributed by atoms with E-state index >= 15 is 0 Å². The molecule has 118 valence electrons. The van der Waals surface area contributed by atoms with Crippen LogP contribution in [0.4, 0.5) is 10.1 Å². The molecule has 24 heavy (non-hydrogen) atoms. The smallest absolute Gasteiger partial charge is 0.261 e. The number of rotatable bonds is 2. The first-order valence-corrected chi connectivity index (χ1v) is 7.32. The van der Waals surface area contributed by atoms with Crippen LogP contribution in [-0.4, -0.2) is 15.9 Å². The Labute approximate surface area is 135 Å². The number of amides is 1. The molecule has 1 amide bonds. The Balaban J connectivity index is 1.74. The van der Waals surface area contributed by atoms with Gasteiger partial charge in [0.2, 0.25) is 5.43 Å². The van der Waals surface area contributed by atoms with Crippen LogP contribution in [0.5, 0.6) is 0 Å². The first kappa shape index (κ1) is 14.2. The number of hydrogen-bond donors (Lipinski definition) is 3. The van der Waals surface area contributed by atoms with E-state index in [0.717, 1.165) is 0 Å². The summed E-state index contributed by atoms with van der Waals surface area (Å²) in [5.41, 5.74) is 0.877. The van der Waals surface area contributed by atoms with E-state index in [9.17, 15) is 14.0 Å². The van der Waals surface area contributed by atoms with E-state index in [0.29, 0.717) is 21.8 Å². The first-order chi connectivity index (χ1) is 11.6. The number of carbonyl (C=O) groups is 1. The Kier molecular flexibility index (Phi) is 3.16. The van der Waals surface area contributed by atoms with Gasteiger partial charge >= 0.3 is 0 Å². The number of para-hydroxylation sites is 1. The highest BCUT2D eigenvalue weighted by Gasteiger charge is 2.15. The minimum Gasteiger partial charge on any atom is -0.361 e. The van der Waals surface area contributed by atoms with Gasteiger partial charge in [0.25, 0.3) is 5.91 Å². The highest BCUT2D eigenvalue weighted by atomic mass is 19.1. The molecule has 0 saturated carbocycles. The van der Waals surface area contributed by atoms with Crippen molar-refractivity contribution in [2.24, 2.45) is 0 Å². The zero-order valence-corrected chi connectivity index (χ0v) is 12.4. The second kappa shape index (κ2) is 5.34. The van der Waals surface area contributed by atoms with Crippen LogP contribution in [0.15, 0.2) is 59.7 Å². The Hall–Kier alpha value is -3.41. The summed E-state index contributed by atoms with van der Waals surface area (Å²) < 4.78 is 14.1. The van der Waals surface area contributed by atoms with Crippen molar-refractivity contribution in [2.45, 2.75) is 0 Å². The van der Waals surface area contributed by atoms with E-state index in [1.165, 1.54) is 18.3 Å². The summed E-state index contributed by atoms with van der Waals surface area (Å²) in [6, 6.07) is 11.5. The summed E-state index contributed by atoms with van der Waals surface area (Å²) in [5, 5.41) is 3.57. The second-order valence-corrected chi connectivity index (χ2v) is 5.43. The molecule has 0 fully saturated rings. The Morgan fingerprint density at radius 1 is 1.04 bits per heavy atom. The molecule has 2 aromatic carbocycles. The van der Waals surface area contributed by atoms with E-state index in [4.69, 9.17) is 0 Å². The lowest BCUT2D eigenvalue weighted by Gasteiger charge is -2.07. The largest absolute Gasteiger partial charge is 0.361 e. The number of fused-ring (bicyclic) bond motifs is 2. The van der Waals surface area contributed by atoms with E-state index < -0.39 is 17.2 Å². The highest BCUT2D eigenvalue weighted by molar-refractivity contribution is 6.06. The molecule has 4 aromatic rings. The van der Waals surface area contributed by atoms with Crippen LogP contribution in [0, 0.1) is 5.82 Å². The molecule has 0 aliphatic heterocycles. The normalized spacial score (nSPS) is 11.0. The maximum absolute atomic E-state index is 14.1. The van der Waals surface area contributed by atoms with Crippen LogP contribution in [0.3, 0.4) is 0 Å². The SMILES string of the molecule is O=C(Nc1cc2[nH]ccc2cc1F)c1c[nH]c2ccccc2c1=O. The number of hydrogen-bond acceptors (Lipinski definition) is 2. The number of halogens is 1. The Morgan fingerprint density at radius 3 is 2.75 bits per heavy atom. The number of carbonyl (C=O) groups excluding carboxylic acids is 1. The van der Waals surface area contributed by atoms with Gasteiger partial charge in [0.1, 0.15) is 11.4 Å². The maximum Gasteiger partial charge on any atom is 0.261 e. The van der Waals surface area contributed by atoms with Crippen molar-refractivity contribution in [3.8, 4) is 0 Å². The minimum atomic E-state index is -0.660. The van der Waals surface area contributed by atoms with Gasteiger partial charge in [-0.15, -0.1) is 0 Å². The molecule has 3 N–H and O–H groups in total. The summed E-state index contributed by atoms with van der Waals surface area (Å²) in [4.78, 5) is 30.7. The zero-order valence-electron chi connectivity index (χ0n) is 12.4. The number of aromatic amines is 2. The summed E-state index contributed by atoms with van der Waals surface area (Å²) >= 11 is 0. The quantitative estimate of drug-likeness (QED) is 0.529. The molecule has 0 atom stereocenters. The molecule has 0 bridgehead atoms. The molecule has 2 aromatic heterocycles. The fourth-order valence-electron chi connectivity index (χ4n) is 2.69. The molecule has 5 nitrogen and oxygen atoms in total. The summed E-state index contributed by atoms with van der Waals surface area (Å²) in [5.74, 6) is -1.22. The van der Waals surface area contributed by atoms with Gasteiger partial charge in [-0.1, -0.05) is 12.1 Å². The van der Waals surface area contributed by atoms with Gasteiger partial charge in [0.15, 0.2) is 0 Å². The highest BCUT2D eigenvalue weighted by Crippen LogP contribution is 2.22. The van der Waals surface area contributed by atoms with Crippen LogP contribution in [0.25, 0.3) is 21.8 Å². The van der Waals surface area contributed by atoms with Gasteiger partial charge in [0, 0.05) is 34.2 Å². The Bertz CT molecular complexity index is 1140. The maximum atomic E-state index is 14.1. The lowest BCUT2D eigenvalue weighted by atomic mass is 10.1. The van der Waals surface area contributed by atoms with E-state index in [1.807, 2.05) is 0 Å². The number of H-pyrrole nitrogens is 2. The molecule has 2 heterocycles. The second-order valence-electron chi connectivity index (χ2n) is 5.43. The molecule has 0 spiro atoms. The van der Waals surface area contributed by atoms with Crippen molar-refractivity contribution >= 4 is 33.4 Å². The molecule has 0 aliphatic rings. The monoisotopic (exact) mass is 321 g/mol. The Morgan fingerprint density at radius 2 is 1.88 bits per heavy atom. The lowest BCUT2D eigenvalue weighted by Crippen LogP contribution is -2.22. The molecular formula is C18H12FN3O2. The number of anilines is 1. The predicted molar refractivity (Wildman–Crippen MR) is 90.8 cm³/mol. The lowest BCUT2D eigenvalue weighted by molar-refractivity contribution is 0.102. The summed E-state index contributed by atoms with van der Waals surface area (Å²) in [6.07, 6.45) is 3.02. The average Bonchev–Trinajstić information content (AvgIpc) is 3.02. The van der Waals surface area contributed by atoms with Gasteiger partial charge in [-0.2, -0.15) is 0 Å². The number of benzene rings is 2. The number of pyridine rings is 1. The summed E-state index contributed by atoms with van der Waals surface area (Å²) in [7, 11) is 0. The van der Waals surface area contributed by atoms with Crippen LogP contribution in [0.1, 0.15) is 10.4 Å². The first-order valence-electron chi connectivity index (χ1n) is 7.32. The minimum absolute atomic E-state index is 0.0162. The van der Waals surface area contributed by atoms with Crippen molar-refractivity contribution in [3.05, 3.63) is 76.5 Å². The third-order valence-corrected chi connectivity index (χ3v) is 3.92. The van der Waals surface area contributed by atoms with Crippen molar-refractivity contribution in [3.63, 3.8) is 0 Å². The van der Waals surface area contributed by atoms with Crippen molar-refractivity contribution < 1.29 is 9.18 Å². The molecule has 6 heteroatoms. The topological polar surface area (TPSA) is 77.8 Å². The molecule has 0 radical (unpaired) electrons. The van der Waals surface area contributed by atoms with Gasteiger partial charge in [-0.3, -0.25) is 9.59 Å². The van der Waals surface area contributed by atoms with Crippen LogP contribution in [-0.2, 0) is 0 Å². The van der Waals surface area contributed by atoms with Crippen molar-refractivity contribution in [1.82, 2.24) is 9.97 Å². The van der Waals surface area contributed by atoms with E-state index in [1.54, 1.807) is 36.5 Å².